The van der Waals surface area contributed by atoms with Crippen LogP contribution in [0.4, 0.5) is 0 Å². The number of rotatable bonds is 1. The molecule has 0 aliphatic heterocycles. The van der Waals surface area contributed by atoms with E-state index in [4.69, 9.17) is 5.73 Å². The summed E-state index contributed by atoms with van der Waals surface area (Å²) in [4.78, 5) is 15.3. The maximum Gasteiger partial charge on any atom is 0.248 e. The topological polar surface area (TPSA) is 86.2 Å². The van der Waals surface area contributed by atoms with Crippen LogP contribution in [0.15, 0.2) is 30.9 Å². The van der Waals surface area contributed by atoms with Crippen LogP contribution in [-0.2, 0) is 0 Å². The van der Waals surface area contributed by atoms with Gasteiger partial charge in [-0.1, -0.05) is 0 Å². The van der Waals surface area contributed by atoms with Gasteiger partial charge in [-0.15, -0.1) is 10.2 Å². The highest BCUT2D eigenvalue weighted by Crippen LogP contribution is 2.17. The van der Waals surface area contributed by atoms with Crippen LogP contribution in [0.2, 0.25) is 0 Å². The number of carbonyl (C=O) groups excluding carboxylic acids is 1. The lowest BCUT2D eigenvalue weighted by Crippen LogP contribution is -2.10. The summed E-state index contributed by atoms with van der Waals surface area (Å²) in [6.07, 6.45) is 3.18. The van der Waals surface area contributed by atoms with Crippen molar-refractivity contribution < 1.29 is 4.79 Å². The van der Waals surface area contributed by atoms with Gasteiger partial charge in [-0.2, -0.15) is 0 Å². The summed E-state index contributed by atoms with van der Waals surface area (Å²) in [5.74, 6) is -0.469. The first-order valence-corrected chi connectivity index (χ1v) is 4.63. The van der Waals surface area contributed by atoms with Crippen molar-refractivity contribution in [3.8, 4) is 0 Å². The number of aromatic nitrogens is 4. The molecular formula is C10H7N5O. The maximum atomic E-state index is 11.1. The quantitative estimate of drug-likeness (QED) is 0.633. The minimum absolute atomic E-state index is 0.436. The van der Waals surface area contributed by atoms with Crippen LogP contribution in [0.5, 0.6) is 0 Å². The Morgan fingerprint density at radius 3 is 3.00 bits per heavy atom. The molecule has 6 heteroatoms. The van der Waals surface area contributed by atoms with E-state index in [-0.39, 0.29) is 0 Å². The molecule has 0 saturated heterocycles. The molecule has 0 bridgehead atoms. The number of hydrogen-bond acceptors (Lipinski definition) is 4. The van der Waals surface area contributed by atoms with E-state index in [1.807, 2.05) is 0 Å². The first-order chi connectivity index (χ1) is 7.75. The van der Waals surface area contributed by atoms with Crippen molar-refractivity contribution in [2.45, 2.75) is 0 Å². The fraction of sp³-hybridized carbons (Fsp3) is 0. The van der Waals surface area contributed by atoms with Crippen molar-refractivity contribution in [1.82, 2.24) is 19.6 Å². The summed E-state index contributed by atoms with van der Waals surface area (Å²) in [5, 5.41) is 8.51. The molecule has 0 atom stereocenters. The van der Waals surface area contributed by atoms with Crippen molar-refractivity contribution in [3.63, 3.8) is 0 Å². The standard InChI is InChI=1S/C10H7N5O/c11-9(16)6-1-2-8-7(3-6)10-14-13-5-15(10)4-12-8/h1-5H,(H2,11,16). The largest absolute Gasteiger partial charge is 0.366 e. The highest BCUT2D eigenvalue weighted by Gasteiger charge is 2.07. The van der Waals surface area contributed by atoms with Gasteiger partial charge in [0.05, 0.1) is 5.52 Å². The Hall–Kier alpha value is -2.50. The lowest BCUT2D eigenvalue weighted by atomic mass is 10.1. The molecular weight excluding hydrogens is 206 g/mol. The van der Waals surface area contributed by atoms with E-state index in [9.17, 15) is 4.79 Å². The fourth-order valence-electron chi connectivity index (χ4n) is 1.63. The molecule has 1 amide bonds. The molecule has 16 heavy (non-hydrogen) atoms. The lowest BCUT2D eigenvalue weighted by molar-refractivity contribution is 0.100. The molecule has 0 spiro atoms. The average Bonchev–Trinajstić information content (AvgIpc) is 2.76. The number of amides is 1. The Morgan fingerprint density at radius 2 is 2.19 bits per heavy atom. The summed E-state index contributed by atoms with van der Waals surface area (Å²) in [6, 6.07) is 5.06. The van der Waals surface area contributed by atoms with E-state index in [0.717, 1.165) is 10.9 Å². The van der Waals surface area contributed by atoms with Crippen molar-refractivity contribution in [2.75, 3.05) is 0 Å². The monoisotopic (exact) mass is 213 g/mol. The zero-order chi connectivity index (χ0) is 11.1. The maximum absolute atomic E-state index is 11.1. The Labute approximate surface area is 89.7 Å². The third kappa shape index (κ3) is 1.13. The molecule has 2 N–H and O–H groups in total. The number of hydrogen-bond donors (Lipinski definition) is 1. The van der Waals surface area contributed by atoms with Gasteiger partial charge in [-0.25, -0.2) is 4.98 Å². The second kappa shape index (κ2) is 2.99. The highest BCUT2D eigenvalue weighted by molar-refractivity contribution is 6.00. The molecule has 0 saturated carbocycles. The summed E-state index contributed by atoms with van der Waals surface area (Å²) < 4.78 is 1.69. The first kappa shape index (κ1) is 8.78. The normalized spacial score (nSPS) is 11.0. The van der Waals surface area contributed by atoms with Gasteiger partial charge in [-0.05, 0) is 18.2 Å². The molecule has 0 fully saturated rings. The zero-order valence-electron chi connectivity index (χ0n) is 8.16. The highest BCUT2D eigenvalue weighted by atomic mass is 16.1. The van der Waals surface area contributed by atoms with Gasteiger partial charge in [0, 0.05) is 10.9 Å². The summed E-state index contributed by atoms with van der Waals surface area (Å²) in [5.41, 5.74) is 7.07. The first-order valence-electron chi connectivity index (χ1n) is 4.63. The van der Waals surface area contributed by atoms with E-state index < -0.39 is 5.91 Å². The minimum Gasteiger partial charge on any atom is -0.366 e. The Morgan fingerprint density at radius 1 is 1.31 bits per heavy atom. The number of fused-ring (bicyclic) bond motifs is 3. The molecule has 0 radical (unpaired) electrons. The SMILES string of the molecule is NC(=O)c1ccc2ncn3cnnc3c2c1. The minimum atomic E-state index is -0.469. The van der Waals surface area contributed by atoms with Crippen molar-refractivity contribution in [3.05, 3.63) is 36.4 Å². The van der Waals surface area contributed by atoms with Gasteiger partial charge in [0.1, 0.15) is 12.7 Å². The predicted molar refractivity (Wildman–Crippen MR) is 56.8 cm³/mol. The second-order valence-electron chi connectivity index (χ2n) is 3.40. The third-order valence-electron chi connectivity index (χ3n) is 2.42. The van der Waals surface area contributed by atoms with Crippen LogP contribution in [0.3, 0.4) is 0 Å². The van der Waals surface area contributed by atoms with Crippen molar-refractivity contribution in [2.24, 2.45) is 5.73 Å². The second-order valence-corrected chi connectivity index (χ2v) is 3.40. The van der Waals surface area contributed by atoms with Gasteiger partial charge >= 0.3 is 0 Å². The molecule has 2 heterocycles. The van der Waals surface area contributed by atoms with Crippen LogP contribution in [0, 0.1) is 0 Å². The van der Waals surface area contributed by atoms with E-state index in [2.05, 4.69) is 15.2 Å². The van der Waals surface area contributed by atoms with Gasteiger partial charge in [0.2, 0.25) is 5.91 Å². The molecule has 3 aromatic rings. The molecule has 3 rings (SSSR count). The number of carbonyl (C=O) groups is 1. The Balaban J connectivity index is 2.46. The smallest absolute Gasteiger partial charge is 0.248 e. The summed E-state index contributed by atoms with van der Waals surface area (Å²) >= 11 is 0. The lowest BCUT2D eigenvalue weighted by Gasteiger charge is -2.00. The molecule has 0 aliphatic rings. The molecule has 6 nitrogen and oxygen atoms in total. The Bertz CT molecular complexity index is 703. The van der Waals surface area contributed by atoms with Crippen LogP contribution in [0.25, 0.3) is 16.6 Å². The summed E-state index contributed by atoms with van der Waals surface area (Å²) in [6.45, 7) is 0. The number of primary amides is 1. The molecule has 0 unspecified atom stereocenters. The molecule has 0 aliphatic carbocycles. The zero-order valence-corrected chi connectivity index (χ0v) is 8.16. The van der Waals surface area contributed by atoms with E-state index in [0.29, 0.717) is 11.2 Å². The van der Waals surface area contributed by atoms with Gasteiger partial charge in [0.15, 0.2) is 5.65 Å². The number of nitrogens with two attached hydrogens (primary N) is 1. The van der Waals surface area contributed by atoms with Crippen LogP contribution in [0.1, 0.15) is 10.4 Å². The fourth-order valence-corrected chi connectivity index (χ4v) is 1.63. The number of benzene rings is 1. The van der Waals surface area contributed by atoms with Gasteiger partial charge < -0.3 is 5.73 Å². The van der Waals surface area contributed by atoms with Gasteiger partial charge in [-0.3, -0.25) is 9.20 Å². The van der Waals surface area contributed by atoms with Crippen molar-refractivity contribution >= 4 is 22.5 Å². The van der Waals surface area contributed by atoms with Crippen LogP contribution in [-0.4, -0.2) is 25.5 Å². The van der Waals surface area contributed by atoms with E-state index >= 15 is 0 Å². The number of nitrogens with zero attached hydrogens (tertiary/aromatic N) is 4. The van der Waals surface area contributed by atoms with E-state index in [1.54, 1.807) is 35.3 Å². The van der Waals surface area contributed by atoms with E-state index in [1.165, 1.54) is 0 Å². The molecule has 78 valence electrons. The van der Waals surface area contributed by atoms with Gasteiger partial charge in [0.25, 0.3) is 0 Å². The third-order valence-corrected chi connectivity index (χ3v) is 2.42. The average molecular weight is 213 g/mol. The Kier molecular flexibility index (Phi) is 1.64. The van der Waals surface area contributed by atoms with Crippen LogP contribution >= 0.6 is 0 Å². The summed E-state index contributed by atoms with van der Waals surface area (Å²) in [7, 11) is 0. The van der Waals surface area contributed by atoms with Crippen LogP contribution < -0.4 is 5.73 Å². The molecule has 1 aromatic carbocycles. The predicted octanol–water partition coefficient (Wildman–Crippen LogP) is 0.376. The molecule has 2 aromatic heterocycles. The van der Waals surface area contributed by atoms with Crippen molar-refractivity contribution in [1.29, 1.82) is 0 Å².